The van der Waals surface area contributed by atoms with Gasteiger partial charge in [0.15, 0.2) is 5.96 Å². The van der Waals surface area contributed by atoms with Crippen LogP contribution in [0, 0.1) is 10.8 Å². The molecule has 0 unspecified atom stereocenters. The number of nitrogens with two attached hydrogens (primary N) is 2. The Balaban J connectivity index is 1.97. The Morgan fingerprint density at radius 1 is 1.13 bits per heavy atom. The molecule has 0 bridgehead atoms. The maximum Gasteiger partial charge on any atom is 0.216 e. The molecule has 1 heterocycles. The van der Waals surface area contributed by atoms with E-state index < -0.39 is 0 Å². The van der Waals surface area contributed by atoms with Crippen molar-refractivity contribution in [3.8, 4) is 5.88 Å². The molecule has 7 N–H and O–H groups in total. The summed E-state index contributed by atoms with van der Waals surface area (Å²) in [5.74, 6) is 1.18. The van der Waals surface area contributed by atoms with E-state index in [4.69, 9.17) is 27.0 Å². The van der Waals surface area contributed by atoms with Gasteiger partial charge >= 0.3 is 0 Å². The predicted molar refractivity (Wildman–Crippen MR) is 127 cm³/mol. The average Bonchev–Trinajstić information content (AvgIpc) is 2.77. The van der Waals surface area contributed by atoms with Crippen molar-refractivity contribution in [2.45, 2.75) is 44.9 Å². The van der Waals surface area contributed by atoms with Gasteiger partial charge in [0.2, 0.25) is 11.8 Å². The van der Waals surface area contributed by atoms with Gasteiger partial charge in [0, 0.05) is 50.9 Å². The van der Waals surface area contributed by atoms with Crippen LogP contribution in [0.2, 0.25) is 0 Å². The molecule has 0 aliphatic rings. The van der Waals surface area contributed by atoms with Gasteiger partial charge in [0.1, 0.15) is 5.84 Å². The number of aromatic nitrogens is 1. The second kappa shape index (κ2) is 15.6. The first-order chi connectivity index (χ1) is 14.9. The quantitative estimate of drug-likeness (QED) is 0.162. The summed E-state index contributed by atoms with van der Waals surface area (Å²) in [4.78, 5) is 13.8. The number of aliphatic imine (C=N–C) groups is 2. The molecule has 1 aromatic heterocycles. The van der Waals surface area contributed by atoms with Crippen LogP contribution in [0.1, 0.15) is 50.5 Å². The molecule has 0 amide bonds. The molecular formula is C21H37N9O. The zero-order valence-electron chi connectivity index (χ0n) is 18.6. The molecule has 0 radical (unpaired) electrons. The van der Waals surface area contributed by atoms with Crippen molar-refractivity contribution >= 4 is 24.5 Å². The van der Waals surface area contributed by atoms with Gasteiger partial charge in [-0.2, -0.15) is 0 Å². The van der Waals surface area contributed by atoms with Crippen LogP contribution in [0.15, 0.2) is 28.3 Å². The standard InChI is InChI=1S/C21H37N9O/c1-26-21(25)30(2)14-8-6-4-3-5-7-12-27-20(24)28-13-9-15-31-18-11-10-17(16-29-18)19(22)23/h10-11,16,25H,1,3-9,12-15H2,2H3,(H3,22,23)(H3,24,27,28). The van der Waals surface area contributed by atoms with Crippen molar-refractivity contribution in [2.75, 3.05) is 33.3 Å². The van der Waals surface area contributed by atoms with E-state index in [0.717, 1.165) is 45.2 Å². The highest BCUT2D eigenvalue weighted by Gasteiger charge is 2.01. The molecule has 0 saturated heterocycles. The van der Waals surface area contributed by atoms with Crippen molar-refractivity contribution in [3.63, 3.8) is 0 Å². The number of ether oxygens (including phenoxy) is 1. The summed E-state index contributed by atoms with van der Waals surface area (Å²) in [6.07, 6.45) is 9.08. The summed E-state index contributed by atoms with van der Waals surface area (Å²) in [7, 11) is 1.87. The first-order valence-electron chi connectivity index (χ1n) is 10.7. The number of hydrogen-bond acceptors (Lipinski definition) is 5. The third-order valence-electron chi connectivity index (χ3n) is 4.62. The van der Waals surface area contributed by atoms with Crippen LogP contribution in [0.5, 0.6) is 5.88 Å². The van der Waals surface area contributed by atoms with Crippen molar-refractivity contribution in [3.05, 3.63) is 23.9 Å². The first-order valence-corrected chi connectivity index (χ1v) is 10.7. The Morgan fingerprint density at radius 2 is 1.84 bits per heavy atom. The average molecular weight is 432 g/mol. The largest absolute Gasteiger partial charge is 0.478 e. The van der Waals surface area contributed by atoms with Gasteiger partial charge in [-0.3, -0.25) is 15.8 Å². The number of unbranched alkanes of at least 4 members (excludes halogenated alkanes) is 5. The number of hydrogen-bond donors (Lipinski definition) is 5. The smallest absolute Gasteiger partial charge is 0.216 e. The second-order valence-electron chi connectivity index (χ2n) is 7.22. The van der Waals surface area contributed by atoms with Gasteiger partial charge in [-0.1, -0.05) is 25.7 Å². The second-order valence-corrected chi connectivity index (χ2v) is 7.22. The van der Waals surface area contributed by atoms with Crippen LogP contribution in [0.4, 0.5) is 0 Å². The Bertz CT molecular complexity index is 703. The molecule has 10 heteroatoms. The van der Waals surface area contributed by atoms with E-state index in [9.17, 15) is 0 Å². The molecule has 10 nitrogen and oxygen atoms in total. The molecule has 0 aromatic carbocycles. The fraction of sp³-hybridized carbons (Fsp3) is 0.571. The lowest BCUT2D eigenvalue weighted by Gasteiger charge is -2.15. The van der Waals surface area contributed by atoms with Crippen LogP contribution in [0.3, 0.4) is 0 Å². The third kappa shape index (κ3) is 12.2. The molecule has 0 spiro atoms. The molecule has 1 rings (SSSR count). The van der Waals surface area contributed by atoms with Crippen LogP contribution >= 0.6 is 0 Å². The Labute approximate surface area is 185 Å². The van der Waals surface area contributed by atoms with E-state index in [-0.39, 0.29) is 11.8 Å². The minimum absolute atomic E-state index is 0.0138. The van der Waals surface area contributed by atoms with Crippen LogP contribution in [0.25, 0.3) is 0 Å². The molecule has 0 fully saturated rings. The van der Waals surface area contributed by atoms with Gasteiger partial charge in [0.05, 0.1) is 6.61 Å². The minimum atomic E-state index is -0.0138. The third-order valence-corrected chi connectivity index (χ3v) is 4.62. The lowest BCUT2D eigenvalue weighted by atomic mass is 10.1. The Morgan fingerprint density at radius 3 is 2.48 bits per heavy atom. The van der Waals surface area contributed by atoms with E-state index in [1.807, 2.05) is 11.9 Å². The van der Waals surface area contributed by atoms with Gasteiger partial charge in [-0.25, -0.2) is 9.98 Å². The van der Waals surface area contributed by atoms with E-state index in [1.165, 1.54) is 19.0 Å². The van der Waals surface area contributed by atoms with E-state index in [0.29, 0.717) is 30.6 Å². The van der Waals surface area contributed by atoms with E-state index >= 15 is 0 Å². The number of nitrogens with zero attached hydrogens (tertiary/aromatic N) is 4. The van der Waals surface area contributed by atoms with Crippen molar-refractivity contribution in [1.82, 2.24) is 15.2 Å². The Hall–Kier alpha value is -3.17. The first kappa shape index (κ1) is 25.9. The topological polar surface area (TPSA) is 162 Å². The summed E-state index contributed by atoms with van der Waals surface area (Å²) in [5.41, 5.74) is 11.8. The maximum absolute atomic E-state index is 7.54. The highest BCUT2D eigenvalue weighted by Crippen LogP contribution is 2.07. The molecule has 1 aromatic rings. The highest BCUT2D eigenvalue weighted by molar-refractivity contribution is 5.94. The number of pyridine rings is 1. The zero-order valence-corrected chi connectivity index (χ0v) is 18.6. The van der Waals surface area contributed by atoms with Crippen molar-refractivity contribution in [2.24, 2.45) is 21.5 Å². The van der Waals surface area contributed by atoms with Gasteiger partial charge in [0.25, 0.3) is 0 Å². The fourth-order valence-electron chi connectivity index (χ4n) is 2.75. The number of rotatable bonds is 15. The molecule has 0 atom stereocenters. The number of nitrogens with one attached hydrogen (secondary N) is 3. The molecule has 0 aliphatic carbocycles. The summed E-state index contributed by atoms with van der Waals surface area (Å²) >= 11 is 0. The predicted octanol–water partition coefficient (Wildman–Crippen LogP) is 1.95. The normalized spacial score (nSPS) is 11.1. The van der Waals surface area contributed by atoms with Gasteiger partial charge in [-0.15, -0.1) is 0 Å². The van der Waals surface area contributed by atoms with Crippen LogP contribution in [-0.4, -0.2) is 67.6 Å². The summed E-state index contributed by atoms with van der Waals surface area (Å²) < 4.78 is 5.53. The lowest BCUT2D eigenvalue weighted by Crippen LogP contribution is -2.32. The molecular weight excluding hydrogens is 394 g/mol. The van der Waals surface area contributed by atoms with E-state index in [1.54, 1.807) is 12.1 Å². The van der Waals surface area contributed by atoms with Gasteiger partial charge in [-0.05, 0) is 25.6 Å². The maximum atomic E-state index is 7.54. The SMILES string of the molecule is C=NC(=N)N(C)CCCCCCCCNC(N)=NCCCOc1ccc(C(=N)N)cn1. The number of amidine groups is 1. The molecule has 0 saturated carbocycles. The van der Waals surface area contributed by atoms with Gasteiger partial charge < -0.3 is 26.4 Å². The lowest BCUT2D eigenvalue weighted by molar-refractivity contribution is 0.301. The van der Waals surface area contributed by atoms with Crippen LogP contribution in [-0.2, 0) is 0 Å². The van der Waals surface area contributed by atoms with Crippen LogP contribution < -0.4 is 21.5 Å². The summed E-state index contributed by atoms with van der Waals surface area (Å²) in [6.45, 7) is 6.11. The summed E-state index contributed by atoms with van der Waals surface area (Å²) in [5, 5.41) is 18.0. The molecule has 172 valence electrons. The van der Waals surface area contributed by atoms with Crippen molar-refractivity contribution < 1.29 is 4.74 Å². The fourth-order valence-corrected chi connectivity index (χ4v) is 2.75. The number of nitrogen functional groups attached to an aromatic ring is 1. The number of guanidine groups is 2. The molecule has 0 aliphatic heterocycles. The Kier molecular flexibility index (Phi) is 13.1. The zero-order chi connectivity index (χ0) is 22.9. The minimum Gasteiger partial charge on any atom is -0.478 e. The molecule has 31 heavy (non-hydrogen) atoms. The highest BCUT2D eigenvalue weighted by atomic mass is 16.5. The van der Waals surface area contributed by atoms with Crippen molar-refractivity contribution in [1.29, 1.82) is 10.8 Å². The summed E-state index contributed by atoms with van der Waals surface area (Å²) in [6, 6.07) is 3.40. The monoisotopic (exact) mass is 431 g/mol. The van der Waals surface area contributed by atoms with E-state index in [2.05, 4.69) is 27.0 Å².